The molecule has 4 aromatic rings. The molecule has 3 heterocycles. The molecular formula is C28H28N4O. The van der Waals surface area contributed by atoms with Crippen molar-refractivity contribution in [3.63, 3.8) is 0 Å². The number of hydrogen-bond acceptors (Lipinski definition) is 4. The van der Waals surface area contributed by atoms with E-state index in [0.29, 0.717) is 5.82 Å². The van der Waals surface area contributed by atoms with Crippen molar-refractivity contribution in [1.82, 2.24) is 15.0 Å². The van der Waals surface area contributed by atoms with Gasteiger partial charge in [-0.2, -0.15) is 0 Å². The van der Waals surface area contributed by atoms with Crippen molar-refractivity contribution in [3.8, 4) is 23.0 Å². The van der Waals surface area contributed by atoms with Crippen LogP contribution in [-0.2, 0) is 0 Å². The third-order valence-corrected chi connectivity index (χ3v) is 6.76. The Bertz CT molecular complexity index is 1420. The van der Waals surface area contributed by atoms with Crippen molar-refractivity contribution in [2.24, 2.45) is 0 Å². The molecule has 5 heteroatoms. The van der Waals surface area contributed by atoms with Gasteiger partial charge < -0.3 is 15.4 Å². The summed E-state index contributed by atoms with van der Waals surface area (Å²) >= 11 is 0. The molecule has 5 nitrogen and oxygen atoms in total. The molecule has 0 bridgehead atoms. The zero-order chi connectivity index (χ0) is 23.3. The van der Waals surface area contributed by atoms with Gasteiger partial charge in [0.25, 0.3) is 0 Å². The molecule has 2 atom stereocenters. The summed E-state index contributed by atoms with van der Waals surface area (Å²) in [5.74, 6) is 6.93. The van der Waals surface area contributed by atoms with E-state index in [1.54, 1.807) is 18.5 Å². The summed E-state index contributed by atoms with van der Waals surface area (Å²) < 4.78 is 0. The Morgan fingerprint density at radius 2 is 1.76 bits per heavy atom. The van der Waals surface area contributed by atoms with Crippen molar-refractivity contribution < 1.29 is 5.11 Å². The third kappa shape index (κ3) is 3.48. The maximum absolute atomic E-state index is 11.1. The normalized spacial score (nSPS) is 18.8. The van der Waals surface area contributed by atoms with Crippen LogP contribution in [0.25, 0.3) is 22.0 Å². The van der Waals surface area contributed by atoms with E-state index < -0.39 is 11.6 Å². The fraction of sp³-hybridized carbons (Fsp3) is 0.286. The first-order chi connectivity index (χ1) is 15.8. The summed E-state index contributed by atoms with van der Waals surface area (Å²) in [7, 11) is 0. The molecule has 0 fully saturated rings. The zero-order valence-corrected chi connectivity index (χ0v) is 19.6. The van der Waals surface area contributed by atoms with Gasteiger partial charge in [-0.1, -0.05) is 31.0 Å². The third-order valence-electron chi connectivity index (χ3n) is 6.76. The number of aliphatic hydroxyl groups is 1. The van der Waals surface area contributed by atoms with E-state index in [4.69, 9.17) is 0 Å². The summed E-state index contributed by atoms with van der Waals surface area (Å²) in [6, 6.07) is 10.3. The smallest absolute Gasteiger partial charge is 0.205 e. The number of nitrogens with one attached hydrogen (secondary N) is 2. The van der Waals surface area contributed by atoms with Gasteiger partial charge in [0.05, 0.1) is 17.2 Å². The first-order valence-corrected chi connectivity index (χ1v) is 11.3. The number of fused-ring (bicyclic) bond motifs is 2. The van der Waals surface area contributed by atoms with Crippen molar-refractivity contribution in [1.29, 1.82) is 0 Å². The molecule has 3 N–H and O–H groups in total. The minimum Gasteiger partial charge on any atom is -0.390 e. The second-order valence-electron chi connectivity index (χ2n) is 9.51. The second kappa shape index (κ2) is 7.75. The number of aromatic nitrogens is 3. The molecule has 2 aromatic heterocycles. The van der Waals surface area contributed by atoms with Gasteiger partial charge in [-0.3, -0.25) is 0 Å². The van der Waals surface area contributed by atoms with Gasteiger partial charge in [0.1, 0.15) is 0 Å². The average Bonchev–Trinajstić information content (AvgIpc) is 3.19. The van der Waals surface area contributed by atoms with Crippen molar-refractivity contribution in [2.45, 2.75) is 52.2 Å². The molecule has 0 saturated carbocycles. The van der Waals surface area contributed by atoms with E-state index in [-0.39, 0.29) is 5.92 Å². The summed E-state index contributed by atoms with van der Waals surface area (Å²) in [6.45, 7) is 10.4. The van der Waals surface area contributed by atoms with Crippen LogP contribution in [0.3, 0.4) is 0 Å². The fourth-order valence-electron chi connectivity index (χ4n) is 4.99. The number of nitrogens with zero attached hydrogens (tertiary/aromatic N) is 2. The maximum atomic E-state index is 11.1. The molecule has 0 saturated heterocycles. The van der Waals surface area contributed by atoms with Gasteiger partial charge in [-0.05, 0) is 62.4 Å². The molecule has 166 valence electrons. The molecule has 0 aliphatic carbocycles. The minimum absolute atomic E-state index is 0.0968. The lowest BCUT2D eigenvalue weighted by atomic mass is 9.75. The van der Waals surface area contributed by atoms with E-state index in [0.717, 1.165) is 39.0 Å². The highest BCUT2D eigenvalue weighted by molar-refractivity contribution is 5.98. The number of anilines is 1. The Balaban J connectivity index is 1.83. The number of aryl methyl sites for hydroxylation is 2. The lowest BCUT2D eigenvalue weighted by Crippen LogP contribution is -2.50. The number of rotatable bonds is 1. The first-order valence-electron chi connectivity index (χ1n) is 11.3. The van der Waals surface area contributed by atoms with Gasteiger partial charge in [-0.25, -0.2) is 9.97 Å². The lowest BCUT2D eigenvalue weighted by Gasteiger charge is -2.43. The van der Waals surface area contributed by atoms with Gasteiger partial charge in [0, 0.05) is 52.3 Å². The Labute approximate surface area is 194 Å². The van der Waals surface area contributed by atoms with Gasteiger partial charge in [0.2, 0.25) is 5.82 Å². The highest BCUT2D eigenvalue weighted by atomic mass is 16.3. The Kier molecular flexibility index (Phi) is 4.99. The minimum atomic E-state index is -0.559. The largest absolute Gasteiger partial charge is 0.390 e. The molecule has 1 aliphatic heterocycles. The molecule has 0 amide bonds. The fourth-order valence-corrected chi connectivity index (χ4v) is 4.99. The number of aromatic amines is 1. The van der Waals surface area contributed by atoms with E-state index in [1.807, 2.05) is 20.0 Å². The van der Waals surface area contributed by atoms with Crippen LogP contribution in [0.15, 0.2) is 48.9 Å². The van der Waals surface area contributed by atoms with E-state index in [9.17, 15) is 5.11 Å². The number of benzene rings is 2. The predicted octanol–water partition coefficient (Wildman–Crippen LogP) is 5.31. The molecule has 33 heavy (non-hydrogen) atoms. The SMILES string of the molecule is Cc1cc(-c2cccc3c(C)c[nH]c23)c(C#Cc2ncccn2)c2c1NC(C)(C)C(O)C2C. The van der Waals surface area contributed by atoms with Crippen LogP contribution < -0.4 is 5.32 Å². The van der Waals surface area contributed by atoms with Crippen LogP contribution in [0.5, 0.6) is 0 Å². The molecule has 2 unspecified atom stereocenters. The van der Waals surface area contributed by atoms with E-state index in [1.165, 1.54) is 10.9 Å². The molecule has 1 aliphatic rings. The first kappa shape index (κ1) is 21.2. The average molecular weight is 437 g/mol. The number of hydrogen-bond donors (Lipinski definition) is 3. The number of aliphatic hydroxyl groups excluding tert-OH is 1. The topological polar surface area (TPSA) is 73.8 Å². The Hall–Kier alpha value is -3.62. The van der Waals surface area contributed by atoms with Crippen molar-refractivity contribution in [2.75, 3.05) is 5.32 Å². The molecular weight excluding hydrogens is 408 g/mol. The monoisotopic (exact) mass is 436 g/mol. The second-order valence-corrected chi connectivity index (χ2v) is 9.51. The zero-order valence-electron chi connectivity index (χ0n) is 19.6. The van der Waals surface area contributed by atoms with Gasteiger partial charge in [0.15, 0.2) is 0 Å². The highest BCUT2D eigenvalue weighted by Gasteiger charge is 2.40. The predicted molar refractivity (Wildman–Crippen MR) is 133 cm³/mol. The quantitative estimate of drug-likeness (QED) is 0.354. The van der Waals surface area contributed by atoms with Crippen LogP contribution >= 0.6 is 0 Å². The summed E-state index contributed by atoms with van der Waals surface area (Å²) in [6.07, 6.45) is 4.87. The van der Waals surface area contributed by atoms with Gasteiger partial charge in [-0.15, -0.1) is 0 Å². The van der Waals surface area contributed by atoms with E-state index >= 15 is 0 Å². The van der Waals surface area contributed by atoms with Gasteiger partial charge >= 0.3 is 0 Å². The van der Waals surface area contributed by atoms with Crippen LogP contribution in [0.4, 0.5) is 5.69 Å². The van der Waals surface area contributed by atoms with E-state index in [2.05, 4.69) is 77.1 Å². The summed E-state index contributed by atoms with van der Waals surface area (Å²) in [5, 5.41) is 15.9. The van der Waals surface area contributed by atoms with Crippen molar-refractivity contribution in [3.05, 3.63) is 77.0 Å². The Morgan fingerprint density at radius 1 is 1.00 bits per heavy atom. The molecule has 5 rings (SSSR count). The number of para-hydroxylation sites is 1. The molecule has 2 aromatic carbocycles. The van der Waals surface area contributed by atoms with Crippen LogP contribution in [0, 0.1) is 25.7 Å². The standard InChI is InChI=1S/C28H28N4O/c1-16-14-22(21-9-6-8-19-17(2)15-31-26(19)21)20(10-11-23-29-12-7-13-30-23)24-18(3)27(33)28(4,5)32-25(16)24/h6-9,12-15,18,27,31-33H,1-5H3. The van der Waals surface area contributed by atoms with Crippen LogP contribution in [0.2, 0.25) is 0 Å². The summed E-state index contributed by atoms with van der Waals surface area (Å²) in [5.41, 5.74) is 8.12. The van der Waals surface area contributed by atoms with Crippen LogP contribution in [0.1, 0.15) is 54.8 Å². The number of H-pyrrole nitrogens is 1. The highest BCUT2D eigenvalue weighted by Crippen LogP contribution is 2.46. The summed E-state index contributed by atoms with van der Waals surface area (Å²) in [4.78, 5) is 12.0. The van der Waals surface area contributed by atoms with Crippen LogP contribution in [-0.4, -0.2) is 31.7 Å². The maximum Gasteiger partial charge on any atom is 0.205 e. The molecule has 0 radical (unpaired) electrons. The Morgan fingerprint density at radius 3 is 2.52 bits per heavy atom. The van der Waals surface area contributed by atoms with Crippen molar-refractivity contribution >= 4 is 16.6 Å². The lowest BCUT2D eigenvalue weighted by molar-refractivity contribution is 0.0868. The molecule has 0 spiro atoms.